The van der Waals surface area contributed by atoms with E-state index in [2.05, 4.69) is 93.2 Å². The molecule has 36 heavy (non-hydrogen) atoms. The van der Waals surface area contributed by atoms with E-state index in [-0.39, 0.29) is 0 Å². The van der Waals surface area contributed by atoms with Gasteiger partial charge in [-0.1, -0.05) is 13.0 Å². The van der Waals surface area contributed by atoms with E-state index >= 15 is 0 Å². The van der Waals surface area contributed by atoms with E-state index in [0.29, 0.717) is 11.9 Å². The molecule has 192 valence electrons. The lowest BCUT2D eigenvalue weighted by molar-refractivity contribution is 0.122. The second-order valence-electron chi connectivity index (χ2n) is 9.39. The van der Waals surface area contributed by atoms with Crippen LogP contribution in [0.2, 0.25) is 0 Å². The van der Waals surface area contributed by atoms with Crippen molar-refractivity contribution in [1.82, 2.24) is 19.9 Å². The Kier molecular flexibility index (Phi) is 8.69. The fourth-order valence-electron chi connectivity index (χ4n) is 4.40. The van der Waals surface area contributed by atoms with Crippen LogP contribution < -0.4 is 15.1 Å². The Hall–Kier alpha value is -3.27. The third kappa shape index (κ3) is 6.29. The zero-order valence-corrected chi connectivity index (χ0v) is 21.9. The Morgan fingerprint density at radius 3 is 2.47 bits per heavy atom. The summed E-state index contributed by atoms with van der Waals surface area (Å²) >= 11 is 0. The van der Waals surface area contributed by atoms with Gasteiger partial charge in [-0.2, -0.15) is 4.98 Å². The van der Waals surface area contributed by atoms with Crippen LogP contribution in [-0.2, 0) is 16.0 Å². The second-order valence-corrected chi connectivity index (χ2v) is 9.39. The first-order valence-electron chi connectivity index (χ1n) is 12.3. The largest absolute Gasteiger partial charge is 0.388 e. The standard InChI is InChI=1S/C25H31N7O.C2H6O/c1-18-16-32(23-6-4-5-20(27-23)17-30(2)3)24-22(18)15-26-25(29-24)28-19-7-9-21(10-8-19)31-11-13-33-14-12-31;1-3-2/h4-10,15,18H,11-14,16-17H2,1-3H3,(H,26,28,29);1-2H3. The second kappa shape index (κ2) is 12.1. The van der Waals surface area contributed by atoms with E-state index in [1.165, 1.54) is 5.69 Å². The average Bonchev–Trinajstić information content (AvgIpc) is 3.21. The van der Waals surface area contributed by atoms with Crippen molar-refractivity contribution in [3.8, 4) is 0 Å². The first-order chi connectivity index (χ1) is 17.5. The molecule has 5 rings (SSSR count). The van der Waals surface area contributed by atoms with Gasteiger partial charge in [0.25, 0.3) is 0 Å². The number of hydrogen-bond acceptors (Lipinski definition) is 9. The summed E-state index contributed by atoms with van der Waals surface area (Å²) in [6.45, 7) is 7.29. The number of pyridine rings is 1. The topological polar surface area (TPSA) is 78.9 Å². The Labute approximate surface area is 214 Å². The van der Waals surface area contributed by atoms with Gasteiger partial charge < -0.3 is 29.5 Å². The summed E-state index contributed by atoms with van der Waals surface area (Å²) in [6.07, 6.45) is 1.95. The van der Waals surface area contributed by atoms with E-state index in [1.54, 1.807) is 14.2 Å². The number of hydrogen-bond donors (Lipinski definition) is 1. The fourth-order valence-corrected chi connectivity index (χ4v) is 4.40. The van der Waals surface area contributed by atoms with Crippen LogP contribution >= 0.6 is 0 Å². The van der Waals surface area contributed by atoms with Crippen LogP contribution in [-0.4, -0.2) is 81.0 Å². The minimum absolute atomic E-state index is 0.348. The van der Waals surface area contributed by atoms with E-state index in [4.69, 9.17) is 14.7 Å². The number of nitrogens with zero attached hydrogens (tertiary/aromatic N) is 6. The number of benzene rings is 1. The van der Waals surface area contributed by atoms with Crippen molar-refractivity contribution >= 4 is 29.0 Å². The molecular weight excluding hydrogens is 454 g/mol. The number of nitrogens with one attached hydrogen (secondary N) is 1. The van der Waals surface area contributed by atoms with Gasteiger partial charge in [0, 0.05) is 69.5 Å². The number of morpholine rings is 1. The van der Waals surface area contributed by atoms with Crippen molar-refractivity contribution < 1.29 is 9.47 Å². The van der Waals surface area contributed by atoms with Crippen molar-refractivity contribution in [2.24, 2.45) is 0 Å². The third-order valence-electron chi connectivity index (χ3n) is 6.09. The number of rotatable bonds is 6. The molecule has 2 aliphatic heterocycles. The quantitative estimate of drug-likeness (QED) is 0.550. The summed E-state index contributed by atoms with van der Waals surface area (Å²) in [4.78, 5) is 21.0. The maximum atomic E-state index is 5.45. The highest BCUT2D eigenvalue weighted by Crippen LogP contribution is 2.39. The molecule has 1 fully saturated rings. The number of aromatic nitrogens is 3. The Bertz CT molecular complexity index is 1120. The van der Waals surface area contributed by atoms with E-state index in [1.807, 2.05) is 6.20 Å². The van der Waals surface area contributed by atoms with Gasteiger partial charge >= 0.3 is 0 Å². The summed E-state index contributed by atoms with van der Waals surface area (Å²) in [5.41, 5.74) is 4.38. The zero-order valence-electron chi connectivity index (χ0n) is 21.9. The predicted octanol–water partition coefficient (Wildman–Crippen LogP) is 4.03. The first kappa shape index (κ1) is 25.8. The smallest absolute Gasteiger partial charge is 0.229 e. The van der Waals surface area contributed by atoms with E-state index in [0.717, 1.165) is 68.0 Å². The van der Waals surface area contributed by atoms with Crippen LogP contribution in [0.3, 0.4) is 0 Å². The average molecular weight is 492 g/mol. The third-order valence-corrected chi connectivity index (χ3v) is 6.09. The first-order valence-corrected chi connectivity index (χ1v) is 12.3. The van der Waals surface area contributed by atoms with Gasteiger partial charge in [0.05, 0.1) is 18.9 Å². The van der Waals surface area contributed by atoms with Gasteiger partial charge in [0.15, 0.2) is 0 Å². The monoisotopic (exact) mass is 491 g/mol. The van der Waals surface area contributed by atoms with Crippen molar-refractivity contribution in [1.29, 1.82) is 0 Å². The molecule has 2 aromatic heterocycles. The number of ether oxygens (including phenoxy) is 2. The Balaban J connectivity index is 0.000000967. The molecule has 1 unspecified atom stereocenters. The zero-order chi connectivity index (χ0) is 25.5. The van der Waals surface area contributed by atoms with Gasteiger partial charge in [-0.05, 0) is 50.5 Å². The Morgan fingerprint density at radius 1 is 1.06 bits per heavy atom. The van der Waals surface area contributed by atoms with Crippen LogP contribution in [0.4, 0.5) is 29.0 Å². The molecule has 1 atom stereocenters. The predicted molar refractivity (Wildman–Crippen MR) is 145 cm³/mol. The maximum absolute atomic E-state index is 5.45. The molecule has 1 saturated heterocycles. The summed E-state index contributed by atoms with van der Waals surface area (Å²) < 4.78 is 9.70. The maximum Gasteiger partial charge on any atom is 0.229 e. The highest BCUT2D eigenvalue weighted by atomic mass is 16.5. The molecule has 0 amide bonds. The molecule has 0 aliphatic carbocycles. The lowest BCUT2D eigenvalue weighted by atomic mass is 10.1. The summed E-state index contributed by atoms with van der Waals surface area (Å²) in [6, 6.07) is 14.6. The minimum Gasteiger partial charge on any atom is -0.388 e. The van der Waals surface area contributed by atoms with Crippen molar-refractivity contribution in [2.75, 3.05) is 76.3 Å². The lowest BCUT2D eigenvalue weighted by Crippen LogP contribution is -2.36. The van der Waals surface area contributed by atoms with Crippen molar-refractivity contribution in [2.45, 2.75) is 19.4 Å². The number of methoxy groups -OCH3 is 1. The Morgan fingerprint density at radius 2 is 1.78 bits per heavy atom. The molecule has 2 aliphatic rings. The molecule has 9 nitrogen and oxygen atoms in total. The van der Waals surface area contributed by atoms with Crippen LogP contribution in [0, 0.1) is 0 Å². The molecule has 0 radical (unpaired) electrons. The summed E-state index contributed by atoms with van der Waals surface area (Å²) in [5, 5.41) is 3.37. The molecule has 1 N–H and O–H groups in total. The fraction of sp³-hybridized carbons (Fsp3) is 0.444. The summed E-state index contributed by atoms with van der Waals surface area (Å²) in [5.74, 6) is 2.80. The van der Waals surface area contributed by atoms with Crippen LogP contribution in [0.25, 0.3) is 0 Å². The molecule has 3 aromatic rings. The lowest BCUT2D eigenvalue weighted by Gasteiger charge is -2.28. The van der Waals surface area contributed by atoms with E-state index < -0.39 is 0 Å². The molecule has 4 heterocycles. The van der Waals surface area contributed by atoms with Gasteiger partial charge in [-0.3, -0.25) is 0 Å². The van der Waals surface area contributed by atoms with Crippen LogP contribution in [0.5, 0.6) is 0 Å². The molecule has 1 aromatic carbocycles. The molecule has 9 heteroatoms. The number of anilines is 5. The van der Waals surface area contributed by atoms with Crippen LogP contribution in [0.15, 0.2) is 48.7 Å². The summed E-state index contributed by atoms with van der Waals surface area (Å²) in [7, 11) is 7.36. The van der Waals surface area contributed by atoms with Crippen molar-refractivity contribution in [3.05, 3.63) is 59.9 Å². The van der Waals surface area contributed by atoms with Crippen LogP contribution in [0.1, 0.15) is 24.1 Å². The highest BCUT2D eigenvalue weighted by Gasteiger charge is 2.30. The van der Waals surface area contributed by atoms with Gasteiger partial charge in [0.2, 0.25) is 5.95 Å². The molecular formula is C27H37N7O2. The SMILES string of the molecule is CC1CN(c2cccc(CN(C)C)n2)c2nc(Nc3ccc(N4CCOCC4)cc3)ncc21.COC. The number of fused-ring (bicyclic) bond motifs is 1. The molecule has 0 bridgehead atoms. The van der Waals surface area contributed by atoms with Crippen molar-refractivity contribution in [3.63, 3.8) is 0 Å². The van der Waals surface area contributed by atoms with E-state index in [9.17, 15) is 0 Å². The highest BCUT2D eigenvalue weighted by molar-refractivity contribution is 5.67. The molecule has 0 saturated carbocycles. The van der Waals surface area contributed by atoms with Gasteiger partial charge in [-0.25, -0.2) is 9.97 Å². The molecule has 0 spiro atoms. The normalized spacial score (nSPS) is 17.0. The van der Waals surface area contributed by atoms with Gasteiger partial charge in [-0.15, -0.1) is 0 Å². The van der Waals surface area contributed by atoms with Gasteiger partial charge in [0.1, 0.15) is 11.6 Å². The minimum atomic E-state index is 0.348.